The molecule has 5 aromatic rings. The van der Waals surface area contributed by atoms with Crippen LogP contribution in [0.15, 0.2) is 73.6 Å². The van der Waals surface area contributed by atoms with Gasteiger partial charge in [-0.25, -0.2) is 15.0 Å². The van der Waals surface area contributed by atoms with E-state index in [0.29, 0.717) is 13.2 Å². The number of ether oxygens (including phenoxy) is 2. The van der Waals surface area contributed by atoms with Gasteiger partial charge in [0, 0.05) is 56.8 Å². The molecule has 0 saturated carbocycles. The number of rotatable bonds is 8. The molecule has 1 aliphatic heterocycles. The average molecular weight is 511 g/mol. The Labute approximate surface area is 220 Å². The third-order valence-electron chi connectivity index (χ3n) is 6.66. The summed E-state index contributed by atoms with van der Waals surface area (Å²) in [5.74, 6) is 1.52. The van der Waals surface area contributed by atoms with Crippen LogP contribution in [-0.4, -0.2) is 73.5 Å². The fourth-order valence-electron chi connectivity index (χ4n) is 4.57. The molecule has 0 amide bonds. The molecule has 1 atom stereocenters. The van der Waals surface area contributed by atoms with Crippen LogP contribution in [0.4, 0.5) is 5.82 Å². The Bertz CT molecular complexity index is 1530. The number of aryl methyl sites for hydroxylation is 1. The number of nitrogens with one attached hydrogen (secondary N) is 1. The van der Waals surface area contributed by atoms with Gasteiger partial charge in [0.1, 0.15) is 36.3 Å². The zero-order valence-electron chi connectivity index (χ0n) is 21.5. The quantitative estimate of drug-likeness (QED) is 0.339. The number of hydrogen-bond acceptors (Lipinski definition) is 8. The Hall–Kier alpha value is -4.28. The van der Waals surface area contributed by atoms with E-state index in [1.165, 1.54) is 0 Å². The van der Waals surface area contributed by atoms with E-state index in [-0.39, 0.29) is 6.10 Å². The predicted molar refractivity (Wildman–Crippen MR) is 145 cm³/mol. The first-order valence-electron chi connectivity index (χ1n) is 12.6. The molecule has 0 aliphatic carbocycles. The van der Waals surface area contributed by atoms with Gasteiger partial charge in [-0.2, -0.15) is 5.10 Å². The van der Waals surface area contributed by atoms with Crippen molar-refractivity contribution in [1.29, 1.82) is 0 Å². The van der Waals surface area contributed by atoms with Crippen molar-refractivity contribution in [3.63, 3.8) is 0 Å². The zero-order chi connectivity index (χ0) is 25.9. The highest BCUT2D eigenvalue weighted by Gasteiger charge is 2.18. The van der Waals surface area contributed by atoms with Crippen LogP contribution in [0.25, 0.3) is 28.2 Å². The summed E-state index contributed by atoms with van der Waals surface area (Å²) in [5, 5.41) is 7.65. The van der Waals surface area contributed by atoms with Gasteiger partial charge in [-0.3, -0.25) is 9.08 Å². The summed E-state index contributed by atoms with van der Waals surface area (Å²) < 4.78 is 15.6. The molecule has 1 N–H and O–H groups in total. The Balaban J connectivity index is 1.11. The molecule has 1 fully saturated rings. The summed E-state index contributed by atoms with van der Waals surface area (Å²) in [5.41, 5.74) is 5.86. The predicted octanol–water partition coefficient (Wildman–Crippen LogP) is 3.51. The van der Waals surface area contributed by atoms with Gasteiger partial charge in [-0.05, 0) is 24.2 Å². The molecule has 0 radical (unpaired) electrons. The summed E-state index contributed by atoms with van der Waals surface area (Å²) in [7, 11) is 4.02. The average Bonchev–Trinajstić information content (AvgIpc) is 3.57. The highest BCUT2D eigenvalue weighted by Crippen LogP contribution is 2.24. The Morgan fingerprint density at radius 1 is 1.03 bits per heavy atom. The smallest absolute Gasteiger partial charge is 0.140 e. The lowest BCUT2D eigenvalue weighted by Crippen LogP contribution is -2.42. The van der Waals surface area contributed by atoms with Crippen molar-refractivity contribution in [2.24, 2.45) is 7.05 Å². The molecule has 0 spiro atoms. The van der Waals surface area contributed by atoms with Crippen LogP contribution in [0.5, 0.6) is 5.75 Å². The molecule has 1 saturated heterocycles. The highest BCUT2D eigenvalue weighted by atomic mass is 16.5. The van der Waals surface area contributed by atoms with Gasteiger partial charge < -0.3 is 19.7 Å². The van der Waals surface area contributed by atoms with E-state index in [0.717, 1.165) is 65.0 Å². The van der Waals surface area contributed by atoms with Crippen molar-refractivity contribution in [2.45, 2.75) is 12.6 Å². The number of morpholine rings is 1. The normalized spacial score (nSPS) is 16.1. The van der Waals surface area contributed by atoms with Crippen LogP contribution in [0.1, 0.15) is 5.56 Å². The van der Waals surface area contributed by atoms with Gasteiger partial charge >= 0.3 is 0 Å². The molecule has 4 aromatic heterocycles. The zero-order valence-corrected chi connectivity index (χ0v) is 21.5. The maximum atomic E-state index is 6.00. The van der Waals surface area contributed by atoms with Crippen molar-refractivity contribution in [3.05, 3.63) is 79.1 Å². The van der Waals surface area contributed by atoms with Crippen LogP contribution >= 0.6 is 0 Å². The molecular formula is C28H30N8O2. The van der Waals surface area contributed by atoms with Gasteiger partial charge in [-0.1, -0.05) is 24.3 Å². The fourth-order valence-corrected chi connectivity index (χ4v) is 4.57. The molecule has 194 valence electrons. The molecule has 5 heterocycles. The maximum absolute atomic E-state index is 6.00. The number of hydrogen-bond donors (Lipinski definition) is 1. The van der Waals surface area contributed by atoms with Crippen molar-refractivity contribution in [2.75, 3.05) is 38.7 Å². The second-order valence-corrected chi connectivity index (χ2v) is 9.54. The largest absolute Gasteiger partial charge is 0.491 e. The molecule has 6 rings (SSSR count). The summed E-state index contributed by atoms with van der Waals surface area (Å²) in [6, 6.07) is 14.3. The molecule has 1 aliphatic rings. The number of nitrogens with zero attached hydrogens (tertiary/aromatic N) is 7. The standard InChI is InChI=1S/C28H30N8O2/c1-34-9-10-37-24(17-34)18-38-23-7-8-36-26(15-30-28(36)11-23)25-12-27(32-19-31-25)29-13-20-3-5-21(6-4-20)22-14-33-35(2)16-22/h3-8,11-12,14-16,19,24H,9-10,13,17-18H2,1-2H3,(H,29,31,32)/t24-/m1/s1. The van der Waals surface area contributed by atoms with Gasteiger partial charge in [-0.15, -0.1) is 0 Å². The minimum absolute atomic E-state index is 0.0753. The number of pyridine rings is 1. The minimum Gasteiger partial charge on any atom is -0.491 e. The SMILES string of the molecule is CN1CCO[C@@H](COc2ccn3c(-c4cc(NCc5ccc(-c6cnn(C)c6)cc5)ncn4)cnc3c2)C1. The molecule has 0 bridgehead atoms. The van der Waals surface area contributed by atoms with Crippen LogP contribution in [0.2, 0.25) is 0 Å². The molecule has 10 heteroatoms. The number of benzene rings is 1. The number of anilines is 1. The van der Waals surface area contributed by atoms with E-state index >= 15 is 0 Å². The van der Waals surface area contributed by atoms with E-state index in [9.17, 15) is 0 Å². The Morgan fingerprint density at radius 3 is 2.74 bits per heavy atom. The van der Waals surface area contributed by atoms with E-state index in [4.69, 9.17) is 9.47 Å². The number of imidazole rings is 1. The summed E-state index contributed by atoms with van der Waals surface area (Å²) >= 11 is 0. The third kappa shape index (κ3) is 5.36. The minimum atomic E-state index is 0.0753. The number of likely N-dealkylation sites (N-methyl/N-ethyl adjacent to an activating group) is 1. The van der Waals surface area contributed by atoms with E-state index in [1.54, 1.807) is 11.0 Å². The number of fused-ring (bicyclic) bond motifs is 1. The molecule has 1 aromatic carbocycles. The highest BCUT2D eigenvalue weighted by molar-refractivity contribution is 5.64. The lowest BCUT2D eigenvalue weighted by Gasteiger charge is -2.29. The van der Waals surface area contributed by atoms with Gasteiger partial charge in [0.25, 0.3) is 0 Å². The van der Waals surface area contributed by atoms with E-state index < -0.39 is 0 Å². The van der Waals surface area contributed by atoms with Crippen LogP contribution in [-0.2, 0) is 18.3 Å². The molecule has 38 heavy (non-hydrogen) atoms. The Morgan fingerprint density at radius 2 is 1.92 bits per heavy atom. The van der Waals surface area contributed by atoms with Gasteiger partial charge in [0.05, 0.1) is 30.4 Å². The Kier molecular flexibility index (Phi) is 6.72. The first kappa shape index (κ1) is 24.1. The number of aromatic nitrogens is 6. The maximum Gasteiger partial charge on any atom is 0.140 e. The first-order chi connectivity index (χ1) is 18.6. The second-order valence-electron chi connectivity index (χ2n) is 9.54. The molecular weight excluding hydrogens is 480 g/mol. The van der Waals surface area contributed by atoms with Gasteiger partial charge in [0.15, 0.2) is 0 Å². The molecule has 10 nitrogen and oxygen atoms in total. The monoisotopic (exact) mass is 510 g/mol. The van der Waals surface area contributed by atoms with E-state index in [1.807, 2.05) is 54.4 Å². The van der Waals surface area contributed by atoms with Crippen molar-refractivity contribution in [1.82, 2.24) is 34.0 Å². The van der Waals surface area contributed by atoms with Crippen molar-refractivity contribution in [3.8, 4) is 28.3 Å². The van der Waals surface area contributed by atoms with Gasteiger partial charge in [0.2, 0.25) is 0 Å². The fraction of sp³-hybridized carbons (Fsp3) is 0.286. The van der Waals surface area contributed by atoms with Crippen molar-refractivity contribution < 1.29 is 9.47 Å². The summed E-state index contributed by atoms with van der Waals surface area (Å²) in [6.07, 6.45) is 9.30. The van der Waals surface area contributed by atoms with Crippen LogP contribution < -0.4 is 10.1 Å². The van der Waals surface area contributed by atoms with Crippen molar-refractivity contribution >= 4 is 11.5 Å². The second kappa shape index (κ2) is 10.6. The summed E-state index contributed by atoms with van der Waals surface area (Å²) in [6.45, 7) is 3.73. The topological polar surface area (TPSA) is 94.6 Å². The van der Waals surface area contributed by atoms with Crippen LogP contribution in [0, 0.1) is 0 Å². The lowest BCUT2D eigenvalue weighted by atomic mass is 10.1. The lowest BCUT2D eigenvalue weighted by molar-refractivity contribution is -0.0403. The molecule has 0 unspecified atom stereocenters. The third-order valence-corrected chi connectivity index (χ3v) is 6.66. The van der Waals surface area contributed by atoms with E-state index in [2.05, 4.69) is 61.6 Å². The summed E-state index contributed by atoms with van der Waals surface area (Å²) in [4.78, 5) is 15.7. The van der Waals surface area contributed by atoms with Crippen LogP contribution in [0.3, 0.4) is 0 Å². The first-order valence-corrected chi connectivity index (χ1v) is 12.6.